The lowest BCUT2D eigenvalue weighted by Crippen LogP contribution is -2.31. The van der Waals surface area contributed by atoms with E-state index in [0.717, 1.165) is 28.0 Å². The Balaban J connectivity index is 0.00000186. The van der Waals surface area contributed by atoms with Gasteiger partial charge in [0.15, 0.2) is 0 Å². The zero-order valence-corrected chi connectivity index (χ0v) is 22.6. The Labute approximate surface area is 225 Å². The van der Waals surface area contributed by atoms with Crippen LogP contribution >= 0.6 is 11.6 Å². The molecule has 5 nitrogen and oxygen atoms in total. The summed E-state index contributed by atoms with van der Waals surface area (Å²) in [5.74, 6) is -0.0820. The van der Waals surface area contributed by atoms with Crippen LogP contribution in [0.15, 0.2) is 66.7 Å². The van der Waals surface area contributed by atoms with E-state index in [-0.39, 0.29) is 17.8 Å². The van der Waals surface area contributed by atoms with E-state index >= 15 is 0 Å². The van der Waals surface area contributed by atoms with Crippen LogP contribution in [0.25, 0.3) is 0 Å². The third-order valence-electron chi connectivity index (χ3n) is 6.38. The van der Waals surface area contributed by atoms with Crippen molar-refractivity contribution in [2.45, 2.75) is 71.2 Å². The molecule has 1 fully saturated rings. The van der Waals surface area contributed by atoms with Crippen LogP contribution in [0.3, 0.4) is 0 Å². The van der Waals surface area contributed by atoms with Crippen LogP contribution in [-0.2, 0) is 17.6 Å². The van der Waals surface area contributed by atoms with Crippen LogP contribution in [0.5, 0.6) is 5.75 Å². The van der Waals surface area contributed by atoms with Crippen LogP contribution in [0.4, 0.5) is 0 Å². The van der Waals surface area contributed by atoms with E-state index in [0.29, 0.717) is 43.7 Å². The second-order valence-electron chi connectivity index (χ2n) is 9.02. The number of halogens is 1. The summed E-state index contributed by atoms with van der Waals surface area (Å²) in [5, 5.41) is 20.5. The summed E-state index contributed by atoms with van der Waals surface area (Å²) in [5.41, 5.74) is 4.39. The average molecular weight is 525 g/mol. The first-order valence-electron chi connectivity index (χ1n) is 13.1. The SMILES string of the molecule is CC.CCOc1ccc(Cc2cc(C3CC(O)CC(CCc4cccc(C(=O)O)c4)O3)ccc2Cl)cc1. The number of benzene rings is 3. The molecule has 0 aliphatic carbocycles. The van der Waals surface area contributed by atoms with E-state index in [4.69, 9.17) is 21.1 Å². The van der Waals surface area contributed by atoms with Crippen molar-refractivity contribution in [1.82, 2.24) is 0 Å². The Morgan fingerprint density at radius 2 is 1.78 bits per heavy atom. The van der Waals surface area contributed by atoms with Crippen molar-refractivity contribution < 1.29 is 24.5 Å². The number of carboxylic acid groups (broad SMARTS) is 1. The number of hydrogen-bond acceptors (Lipinski definition) is 4. The summed E-state index contributed by atoms with van der Waals surface area (Å²) in [6.07, 6.45) is 2.43. The van der Waals surface area contributed by atoms with E-state index in [9.17, 15) is 15.0 Å². The molecule has 3 aromatic carbocycles. The number of aliphatic hydroxyl groups is 1. The Hall–Kier alpha value is -2.86. The van der Waals surface area contributed by atoms with Crippen molar-refractivity contribution in [3.05, 3.63) is 99.6 Å². The number of rotatable bonds is 9. The summed E-state index contributed by atoms with van der Waals surface area (Å²) >= 11 is 6.52. The van der Waals surface area contributed by atoms with Crippen molar-refractivity contribution in [3.8, 4) is 5.75 Å². The maximum Gasteiger partial charge on any atom is 0.335 e. The molecule has 2 N–H and O–H groups in total. The number of aliphatic hydroxyl groups excluding tert-OH is 1. The molecule has 3 unspecified atom stereocenters. The second kappa shape index (κ2) is 14.2. The molecule has 0 saturated carbocycles. The van der Waals surface area contributed by atoms with Gasteiger partial charge in [-0.1, -0.05) is 61.8 Å². The predicted octanol–water partition coefficient (Wildman–Crippen LogP) is 7.27. The standard InChI is InChI=1S/C29H31ClO5.C2H6/c1-2-34-25-10-6-20(7-11-25)15-23-16-21(9-13-27(23)30)28-18-24(31)17-26(35-28)12-8-19-4-3-5-22(14-19)29(32)33;1-2/h3-7,9-11,13-14,16,24,26,28,31H,2,8,12,15,17-18H2,1H3,(H,32,33);1-2H3. The summed E-state index contributed by atoms with van der Waals surface area (Å²) in [6.45, 7) is 6.60. The fraction of sp³-hybridized carbons (Fsp3) is 0.387. The monoisotopic (exact) mass is 524 g/mol. The minimum absolute atomic E-state index is 0.109. The van der Waals surface area contributed by atoms with Crippen LogP contribution in [0, 0.1) is 0 Å². The lowest BCUT2D eigenvalue weighted by atomic mass is 9.92. The molecule has 3 aromatic rings. The molecule has 4 rings (SSSR count). The summed E-state index contributed by atoms with van der Waals surface area (Å²) in [7, 11) is 0. The highest BCUT2D eigenvalue weighted by atomic mass is 35.5. The van der Waals surface area contributed by atoms with Gasteiger partial charge in [-0.2, -0.15) is 0 Å². The lowest BCUT2D eigenvalue weighted by Gasteiger charge is -2.34. The molecule has 37 heavy (non-hydrogen) atoms. The number of carbonyl (C=O) groups is 1. The number of hydrogen-bond donors (Lipinski definition) is 2. The molecule has 198 valence electrons. The van der Waals surface area contributed by atoms with Gasteiger partial charge in [0.1, 0.15) is 5.75 Å². The van der Waals surface area contributed by atoms with Crippen molar-refractivity contribution in [2.24, 2.45) is 0 Å². The van der Waals surface area contributed by atoms with Gasteiger partial charge in [0.05, 0.1) is 30.5 Å². The minimum Gasteiger partial charge on any atom is -0.494 e. The Kier molecular flexibility index (Phi) is 11.0. The van der Waals surface area contributed by atoms with Crippen LogP contribution in [0.2, 0.25) is 5.02 Å². The molecule has 0 amide bonds. The van der Waals surface area contributed by atoms with Gasteiger partial charge in [-0.05, 0) is 85.2 Å². The average Bonchev–Trinajstić information content (AvgIpc) is 2.91. The molecule has 0 bridgehead atoms. The largest absolute Gasteiger partial charge is 0.494 e. The zero-order valence-electron chi connectivity index (χ0n) is 21.8. The lowest BCUT2D eigenvalue weighted by molar-refractivity contribution is -0.0998. The van der Waals surface area contributed by atoms with Gasteiger partial charge in [0.2, 0.25) is 0 Å². The molecule has 0 radical (unpaired) electrons. The highest BCUT2D eigenvalue weighted by molar-refractivity contribution is 6.31. The first kappa shape index (κ1) is 28.7. The summed E-state index contributed by atoms with van der Waals surface area (Å²) in [4.78, 5) is 11.2. The van der Waals surface area contributed by atoms with Gasteiger partial charge in [0.25, 0.3) is 0 Å². The van der Waals surface area contributed by atoms with E-state index in [1.54, 1.807) is 18.2 Å². The van der Waals surface area contributed by atoms with Gasteiger partial charge < -0.3 is 19.7 Å². The number of aromatic carboxylic acids is 1. The van der Waals surface area contributed by atoms with Crippen LogP contribution in [0.1, 0.15) is 78.7 Å². The fourth-order valence-electron chi connectivity index (χ4n) is 4.60. The number of aryl methyl sites for hydroxylation is 1. The first-order chi connectivity index (χ1) is 17.9. The topological polar surface area (TPSA) is 76.0 Å². The smallest absolute Gasteiger partial charge is 0.335 e. The normalized spacial score (nSPS) is 19.0. The Morgan fingerprint density at radius 3 is 2.49 bits per heavy atom. The number of ether oxygens (including phenoxy) is 2. The minimum atomic E-state index is -0.931. The highest BCUT2D eigenvalue weighted by Gasteiger charge is 2.29. The highest BCUT2D eigenvalue weighted by Crippen LogP contribution is 2.35. The van der Waals surface area contributed by atoms with Crippen molar-refractivity contribution in [1.29, 1.82) is 0 Å². The van der Waals surface area contributed by atoms with Gasteiger partial charge in [-0.15, -0.1) is 0 Å². The molecule has 3 atom stereocenters. The Morgan fingerprint density at radius 1 is 1.03 bits per heavy atom. The van der Waals surface area contributed by atoms with Crippen molar-refractivity contribution in [3.63, 3.8) is 0 Å². The Bertz CT molecular complexity index is 1140. The van der Waals surface area contributed by atoms with Gasteiger partial charge in [-0.25, -0.2) is 4.79 Å². The maximum atomic E-state index is 11.2. The molecular weight excluding hydrogens is 488 g/mol. The predicted molar refractivity (Wildman–Crippen MR) is 148 cm³/mol. The fourth-order valence-corrected chi connectivity index (χ4v) is 4.78. The van der Waals surface area contributed by atoms with Gasteiger partial charge in [0, 0.05) is 11.4 Å². The van der Waals surface area contributed by atoms with Gasteiger partial charge in [-0.3, -0.25) is 0 Å². The second-order valence-corrected chi connectivity index (χ2v) is 9.43. The maximum absolute atomic E-state index is 11.2. The molecule has 6 heteroatoms. The van der Waals surface area contributed by atoms with E-state index < -0.39 is 12.1 Å². The molecule has 1 saturated heterocycles. The van der Waals surface area contributed by atoms with E-state index in [2.05, 4.69) is 6.07 Å². The van der Waals surface area contributed by atoms with Crippen LogP contribution in [-0.4, -0.2) is 35.0 Å². The zero-order chi connectivity index (χ0) is 26.8. The molecule has 1 aliphatic rings. The molecular formula is C31H37ClO5. The van der Waals surface area contributed by atoms with Crippen molar-refractivity contribution >= 4 is 17.6 Å². The van der Waals surface area contributed by atoms with Crippen molar-refractivity contribution in [2.75, 3.05) is 6.61 Å². The molecule has 1 heterocycles. The summed E-state index contributed by atoms with van der Waals surface area (Å²) < 4.78 is 11.9. The molecule has 1 aliphatic heterocycles. The number of carboxylic acids is 1. The molecule has 0 spiro atoms. The summed E-state index contributed by atoms with van der Waals surface area (Å²) in [6, 6.07) is 21.0. The van der Waals surface area contributed by atoms with Gasteiger partial charge >= 0.3 is 5.97 Å². The molecule has 0 aromatic heterocycles. The third kappa shape index (κ3) is 8.32. The quantitative estimate of drug-likeness (QED) is 0.308. The van der Waals surface area contributed by atoms with Crippen LogP contribution < -0.4 is 4.74 Å². The van der Waals surface area contributed by atoms with E-state index in [1.807, 2.05) is 63.2 Å². The first-order valence-corrected chi connectivity index (χ1v) is 13.4. The van der Waals surface area contributed by atoms with E-state index in [1.165, 1.54) is 0 Å². The third-order valence-corrected chi connectivity index (χ3v) is 6.75.